The molecule has 10 heteroatoms. The van der Waals surface area contributed by atoms with Crippen LogP contribution in [0.1, 0.15) is 62.1 Å². The predicted molar refractivity (Wildman–Crippen MR) is 138 cm³/mol. The smallest absolute Gasteiger partial charge is 0.274 e. The molecule has 2 aromatic heterocycles. The van der Waals surface area contributed by atoms with Crippen LogP contribution in [0.3, 0.4) is 0 Å². The number of hydrogen-bond donors (Lipinski definition) is 2. The first-order chi connectivity index (χ1) is 18.6. The van der Waals surface area contributed by atoms with Gasteiger partial charge in [-0.3, -0.25) is 19.5 Å². The first-order valence-electron chi connectivity index (χ1n) is 13.3. The van der Waals surface area contributed by atoms with Gasteiger partial charge in [0, 0.05) is 37.5 Å². The number of aromatic nitrogens is 2. The third-order valence-corrected chi connectivity index (χ3v) is 8.40. The summed E-state index contributed by atoms with van der Waals surface area (Å²) in [4.78, 5) is 33.2. The number of benzene rings is 1. The highest BCUT2D eigenvalue weighted by Gasteiger charge is 2.58. The highest BCUT2D eigenvalue weighted by atomic mass is 19.1. The van der Waals surface area contributed by atoms with Crippen molar-refractivity contribution < 1.29 is 22.9 Å². The minimum atomic E-state index is -0.815. The van der Waals surface area contributed by atoms with Crippen LogP contribution in [0, 0.1) is 17.0 Å². The molecule has 1 spiro atoms. The standard InChI is InChI=1S/C29H31F2N5O3/c1-27(2,24-5-3-4-10-32-24)33-25(37)15-29(16-36(17-29)19-13-28(14-19)8-9-28)34-26(38)22-12-23(39-35-22)20-7-6-18(30)11-21(20)31/h3-7,10-12,19H,8-9,13-17H2,1-2H3,(H,33,37)(H,34,38). The topological polar surface area (TPSA) is 100 Å². The monoisotopic (exact) mass is 535 g/mol. The van der Waals surface area contributed by atoms with Gasteiger partial charge >= 0.3 is 0 Å². The Bertz CT molecular complexity index is 1410. The van der Waals surface area contributed by atoms with E-state index >= 15 is 0 Å². The Balaban J connectivity index is 1.16. The Labute approximate surface area is 225 Å². The van der Waals surface area contributed by atoms with E-state index in [1.807, 2.05) is 32.0 Å². The van der Waals surface area contributed by atoms with Crippen LogP contribution in [0.4, 0.5) is 8.78 Å². The van der Waals surface area contributed by atoms with E-state index in [9.17, 15) is 18.4 Å². The van der Waals surface area contributed by atoms with Crippen molar-refractivity contribution in [3.63, 3.8) is 0 Å². The first-order valence-corrected chi connectivity index (χ1v) is 13.3. The van der Waals surface area contributed by atoms with Gasteiger partial charge < -0.3 is 15.2 Å². The molecule has 3 fully saturated rings. The largest absolute Gasteiger partial charge is 0.355 e. The zero-order chi connectivity index (χ0) is 27.4. The molecule has 1 saturated heterocycles. The lowest BCUT2D eigenvalue weighted by Crippen LogP contribution is -2.74. The molecule has 3 heterocycles. The van der Waals surface area contributed by atoms with Crippen LogP contribution in [0.25, 0.3) is 11.3 Å². The Morgan fingerprint density at radius 3 is 2.56 bits per heavy atom. The zero-order valence-electron chi connectivity index (χ0n) is 22.0. The number of nitrogens with zero attached hydrogens (tertiary/aromatic N) is 3. The second-order valence-electron chi connectivity index (χ2n) is 12.0. The van der Waals surface area contributed by atoms with E-state index < -0.39 is 28.6 Å². The minimum absolute atomic E-state index is 0.00241. The maximum Gasteiger partial charge on any atom is 0.274 e. The van der Waals surface area contributed by atoms with Gasteiger partial charge in [-0.1, -0.05) is 11.2 Å². The fourth-order valence-electron chi connectivity index (χ4n) is 6.01. The second-order valence-corrected chi connectivity index (χ2v) is 12.0. The first kappa shape index (κ1) is 25.6. The molecule has 3 aromatic rings. The van der Waals surface area contributed by atoms with Crippen LogP contribution in [0.5, 0.6) is 0 Å². The molecular formula is C29H31F2N5O3. The van der Waals surface area contributed by atoms with Crippen LogP contribution in [0.15, 0.2) is 53.2 Å². The van der Waals surface area contributed by atoms with Gasteiger partial charge in [-0.2, -0.15) is 0 Å². The van der Waals surface area contributed by atoms with Gasteiger partial charge in [0.15, 0.2) is 11.5 Å². The van der Waals surface area contributed by atoms with Crippen molar-refractivity contribution in [2.75, 3.05) is 13.1 Å². The lowest BCUT2D eigenvalue weighted by molar-refractivity contribution is -0.128. The second kappa shape index (κ2) is 9.22. The van der Waals surface area contributed by atoms with Crippen molar-refractivity contribution in [3.05, 3.63) is 71.7 Å². The summed E-state index contributed by atoms with van der Waals surface area (Å²) < 4.78 is 32.7. The predicted octanol–water partition coefficient (Wildman–Crippen LogP) is 4.18. The van der Waals surface area contributed by atoms with Crippen LogP contribution in [0.2, 0.25) is 0 Å². The molecule has 2 N–H and O–H groups in total. The van der Waals surface area contributed by atoms with E-state index in [1.165, 1.54) is 37.8 Å². The van der Waals surface area contributed by atoms with E-state index in [2.05, 4.69) is 25.7 Å². The summed E-state index contributed by atoms with van der Waals surface area (Å²) in [7, 11) is 0. The van der Waals surface area contributed by atoms with Crippen molar-refractivity contribution in [1.82, 2.24) is 25.7 Å². The molecule has 1 aliphatic heterocycles. The summed E-state index contributed by atoms with van der Waals surface area (Å²) in [5.41, 5.74) is -0.237. The Kier molecular flexibility index (Phi) is 6.05. The fourth-order valence-corrected chi connectivity index (χ4v) is 6.01. The van der Waals surface area contributed by atoms with Crippen molar-refractivity contribution in [2.45, 2.75) is 63.1 Å². The van der Waals surface area contributed by atoms with Crippen LogP contribution in [-0.2, 0) is 10.3 Å². The number of likely N-dealkylation sites (tertiary alicyclic amines) is 1. The maximum atomic E-state index is 14.2. The zero-order valence-corrected chi connectivity index (χ0v) is 22.0. The number of pyridine rings is 1. The number of amides is 2. The Morgan fingerprint density at radius 2 is 1.90 bits per heavy atom. The van der Waals surface area contributed by atoms with Crippen molar-refractivity contribution in [1.29, 1.82) is 0 Å². The van der Waals surface area contributed by atoms with Crippen LogP contribution in [-0.4, -0.2) is 51.5 Å². The number of nitrogens with one attached hydrogen (secondary N) is 2. The van der Waals surface area contributed by atoms with Crippen LogP contribution >= 0.6 is 0 Å². The quantitative estimate of drug-likeness (QED) is 0.449. The molecule has 2 saturated carbocycles. The summed E-state index contributed by atoms with van der Waals surface area (Å²) >= 11 is 0. The number of carbonyl (C=O) groups excluding carboxylic acids is 2. The highest BCUT2D eigenvalue weighted by molar-refractivity contribution is 5.94. The van der Waals surface area contributed by atoms with Gasteiger partial charge in [0.2, 0.25) is 5.91 Å². The van der Waals surface area contributed by atoms with Gasteiger partial charge in [0.1, 0.15) is 11.6 Å². The average Bonchev–Trinajstić information content (AvgIpc) is 3.50. The molecule has 2 aliphatic carbocycles. The summed E-state index contributed by atoms with van der Waals surface area (Å²) in [6.07, 6.45) is 6.71. The van der Waals surface area contributed by atoms with Gasteiger partial charge in [-0.25, -0.2) is 8.78 Å². The summed E-state index contributed by atoms with van der Waals surface area (Å²) in [6, 6.07) is 10.4. The average molecular weight is 536 g/mol. The van der Waals surface area contributed by atoms with Crippen molar-refractivity contribution in [3.8, 4) is 11.3 Å². The Hall–Kier alpha value is -3.66. The molecular weight excluding hydrogens is 504 g/mol. The third-order valence-electron chi connectivity index (χ3n) is 8.40. The Morgan fingerprint density at radius 1 is 1.13 bits per heavy atom. The molecule has 0 unspecified atom stereocenters. The molecule has 39 heavy (non-hydrogen) atoms. The van der Waals surface area contributed by atoms with E-state index in [0.29, 0.717) is 24.5 Å². The SMILES string of the molecule is CC(C)(NC(=O)CC1(NC(=O)c2cc(-c3ccc(F)cc3F)on2)CN(C2CC3(CC3)C2)C1)c1ccccn1. The normalized spacial score (nSPS) is 19.7. The third kappa shape index (κ3) is 5.05. The molecule has 6 rings (SSSR count). The van der Waals surface area contributed by atoms with Crippen molar-refractivity contribution in [2.24, 2.45) is 5.41 Å². The summed E-state index contributed by atoms with van der Waals surface area (Å²) in [5, 5.41) is 9.91. The van der Waals surface area contributed by atoms with E-state index in [0.717, 1.165) is 17.8 Å². The van der Waals surface area contributed by atoms with E-state index in [1.54, 1.807) is 6.20 Å². The van der Waals surface area contributed by atoms with Gasteiger partial charge in [-0.05, 0) is 69.2 Å². The number of carbonyl (C=O) groups is 2. The number of rotatable bonds is 8. The number of halogens is 2. The van der Waals surface area contributed by atoms with Gasteiger partial charge in [-0.15, -0.1) is 0 Å². The molecule has 0 bridgehead atoms. The minimum Gasteiger partial charge on any atom is -0.355 e. The summed E-state index contributed by atoms with van der Waals surface area (Å²) in [6.45, 7) is 4.88. The van der Waals surface area contributed by atoms with E-state index in [4.69, 9.17) is 4.52 Å². The van der Waals surface area contributed by atoms with Gasteiger partial charge in [0.05, 0.1) is 28.8 Å². The molecule has 8 nitrogen and oxygen atoms in total. The molecule has 0 radical (unpaired) electrons. The lowest BCUT2D eigenvalue weighted by Gasteiger charge is -2.57. The molecule has 3 aliphatic rings. The molecule has 204 valence electrons. The lowest BCUT2D eigenvalue weighted by atomic mass is 9.72. The van der Waals surface area contributed by atoms with E-state index in [-0.39, 0.29) is 29.3 Å². The van der Waals surface area contributed by atoms with Crippen molar-refractivity contribution >= 4 is 11.8 Å². The molecule has 2 amide bonds. The number of hydrogen-bond acceptors (Lipinski definition) is 6. The van der Waals surface area contributed by atoms with Gasteiger partial charge in [0.25, 0.3) is 5.91 Å². The van der Waals surface area contributed by atoms with Crippen LogP contribution < -0.4 is 10.6 Å². The maximum absolute atomic E-state index is 14.2. The molecule has 1 aromatic carbocycles. The summed E-state index contributed by atoms with van der Waals surface area (Å²) in [5.74, 6) is -2.23. The molecule has 0 atom stereocenters. The fraction of sp³-hybridized carbons (Fsp3) is 0.448. The highest BCUT2D eigenvalue weighted by Crippen LogP contribution is 2.62.